The zero-order valence-corrected chi connectivity index (χ0v) is 21.0. The summed E-state index contributed by atoms with van der Waals surface area (Å²) in [5, 5.41) is 36.0. The second-order valence-corrected chi connectivity index (χ2v) is 10.1. The second-order valence-electron chi connectivity index (χ2n) is 9.14. The molecule has 3 rings (SSSR count). The average Bonchev–Trinajstić information content (AvgIpc) is 2.76. The number of β-amino-alcohol motifs (C(OH)–C–C–N with tert-alkyl or cyclic N) is 1. The minimum Gasteiger partial charge on any atom is -0.508 e. The first kappa shape index (κ1) is 25.7. The highest BCUT2D eigenvalue weighted by atomic mass is 79.9. The van der Waals surface area contributed by atoms with Gasteiger partial charge < -0.3 is 26.0 Å². The Morgan fingerprint density at radius 1 is 0.941 bits per heavy atom. The molecule has 0 radical (unpaired) electrons. The van der Waals surface area contributed by atoms with E-state index < -0.39 is 6.10 Å². The molecule has 5 N–H and O–H groups in total. The number of hydrogen-bond acceptors (Lipinski definition) is 5. The number of carbonyl (C=O) groups excluding carboxylic acids is 1. The lowest BCUT2D eigenvalue weighted by atomic mass is 9.93. The number of phenolic OH excluding ortho intramolecular Hbond substituents is 2. The topological polar surface area (TPSA) is 102 Å². The van der Waals surface area contributed by atoms with Crippen LogP contribution in [0.2, 0.25) is 0 Å². The number of amides is 1. The van der Waals surface area contributed by atoms with Gasteiger partial charge in [-0.05, 0) is 66.8 Å². The monoisotopic (exact) mass is 526 g/mol. The van der Waals surface area contributed by atoms with E-state index in [9.17, 15) is 20.1 Å². The van der Waals surface area contributed by atoms with Crippen molar-refractivity contribution in [1.82, 2.24) is 10.6 Å². The fraction of sp³-hybridized carbons (Fsp3) is 0.296. The lowest BCUT2D eigenvalue weighted by Crippen LogP contribution is -2.43. The first-order chi connectivity index (χ1) is 16.1. The molecule has 0 heterocycles. The maximum atomic E-state index is 12.4. The number of nitrogens with one attached hydrogen (secondary N) is 2. The molecule has 1 atom stereocenters. The van der Waals surface area contributed by atoms with E-state index in [0.717, 1.165) is 21.2 Å². The molecular weight excluding hydrogens is 496 g/mol. The van der Waals surface area contributed by atoms with Gasteiger partial charge in [0.05, 0.1) is 12.5 Å². The molecule has 180 valence electrons. The van der Waals surface area contributed by atoms with Crippen LogP contribution < -0.4 is 10.6 Å². The van der Waals surface area contributed by atoms with E-state index in [-0.39, 0.29) is 29.5 Å². The van der Waals surface area contributed by atoms with Crippen LogP contribution in [0.15, 0.2) is 71.2 Å². The van der Waals surface area contributed by atoms with Crippen molar-refractivity contribution in [1.29, 1.82) is 0 Å². The first-order valence-corrected chi connectivity index (χ1v) is 11.9. The summed E-state index contributed by atoms with van der Waals surface area (Å²) in [5.74, 6) is -0.216. The molecule has 0 aliphatic heterocycles. The maximum absolute atomic E-state index is 12.4. The van der Waals surface area contributed by atoms with Crippen LogP contribution in [-0.4, -0.2) is 33.3 Å². The Hall–Kier alpha value is -2.87. The van der Waals surface area contributed by atoms with Gasteiger partial charge in [0.2, 0.25) is 5.91 Å². The van der Waals surface area contributed by atoms with E-state index in [4.69, 9.17) is 0 Å². The predicted molar refractivity (Wildman–Crippen MR) is 137 cm³/mol. The molecule has 6 nitrogen and oxygen atoms in total. The highest BCUT2D eigenvalue weighted by Crippen LogP contribution is 2.25. The molecular formula is C27H31BrN2O4. The fourth-order valence-electron chi connectivity index (χ4n) is 3.77. The molecule has 0 spiro atoms. The van der Waals surface area contributed by atoms with Crippen LogP contribution in [0.4, 0.5) is 0 Å². The number of aromatic hydroxyl groups is 2. The third-order valence-corrected chi connectivity index (χ3v) is 6.02. The van der Waals surface area contributed by atoms with Crippen LogP contribution in [-0.2, 0) is 24.2 Å². The lowest BCUT2D eigenvalue weighted by Gasteiger charge is -2.28. The van der Waals surface area contributed by atoms with Crippen molar-refractivity contribution < 1.29 is 20.1 Å². The second kappa shape index (κ2) is 11.5. The molecule has 0 aliphatic carbocycles. The molecule has 3 aromatic carbocycles. The summed E-state index contributed by atoms with van der Waals surface area (Å²) in [6, 6.07) is 19.9. The molecule has 0 saturated heterocycles. The number of benzene rings is 3. The van der Waals surface area contributed by atoms with Gasteiger partial charge in [0.15, 0.2) is 0 Å². The van der Waals surface area contributed by atoms with Gasteiger partial charge in [-0.3, -0.25) is 4.79 Å². The predicted octanol–water partition coefficient (Wildman–Crippen LogP) is 4.36. The summed E-state index contributed by atoms with van der Waals surface area (Å²) in [5.41, 5.74) is 3.18. The van der Waals surface area contributed by atoms with E-state index in [1.54, 1.807) is 0 Å². The Morgan fingerprint density at radius 3 is 2.26 bits per heavy atom. The van der Waals surface area contributed by atoms with E-state index >= 15 is 0 Å². The number of phenols is 2. The average molecular weight is 527 g/mol. The number of aliphatic hydroxyl groups excluding tert-OH is 1. The molecule has 34 heavy (non-hydrogen) atoms. The van der Waals surface area contributed by atoms with Gasteiger partial charge >= 0.3 is 0 Å². The number of aliphatic hydroxyl groups is 1. The quantitative estimate of drug-likeness (QED) is 0.270. The van der Waals surface area contributed by atoms with Crippen molar-refractivity contribution in [2.45, 2.75) is 44.9 Å². The Bertz CT molecular complexity index is 1100. The Balaban J connectivity index is 1.52. The van der Waals surface area contributed by atoms with Gasteiger partial charge in [-0.2, -0.15) is 0 Å². The minimum atomic E-state index is -0.877. The number of carbonyl (C=O) groups is 1. The van der Waals surface area contributed by atoms with Crippen molar-refractivity contribution in [3.05, 3.63) is 93.5 Å². The largest absolute Gasteiger partial charge is 0.508 e. The molecule has 0 bridgehead atoms. The normalized spacial score (nSPS) is 12.4. The van der Waals surface area contributed by atoms with Crippen molar-refractivity contribution in [2.75, 3.05) is 6.54 Å². The van der Waals surface area contributed by atoms with Crippen LogP contribution in [0.25, 0.3) is 0 Å². The van der Waals surface area contributed by atoms with E-state index in [1.807, 2.05) is 62.4 Å². The van der Waals surface area contributed by atoms with Crippen molar-refractivity contribution in [3.8, 4) is 11.5 Å². The zero-order chi connectivity index (χ0) is 24.7. The lowest BCUT2D eigenvalue weighted by molar-refractivity contribution is -0.120. The maximum Gasteiger partial charge on any atom is 0.224 e. The van der Waals surface area contributed by atoms with Gasteiger partial charge in [-0.1, -0.05) is 52.3 Å². The van der Waals surface area contributed by atoms with Crippen LogP contribution in [0.1, 0.15) is 42.2 Å². The first-order valence-electron chi connectivity index (χ1n) is 11.1. The van der Waals surface area contributed by atoms with Gasteiger partial charge in [0.25, 0.3) is 0 Å². The molecule has 7 heteroatoms. The van der Waals surface area contributed by atoms with E-state index in [0.29, 0.717) is 24.9 Å². The number of hydrogen-bond donors (Lipinski definition) is 5. The summed E-state index contributed by atoms with van der Waals surface area (Å²) in [6.07, 6.45) is 0.120. The van der Waals surface area contributed by atoms with E-state index in [2.05, 4.69) is 26.6 Å². The summed E-state index contributed by atoms with van der Waals surface area (Å²) in [7, 11) is 0. The molecule has 0 fully saturated rings. The van der Waals surface area contributed by atoms with E-state index in [1.165, 1.54) is 18.2 Å². The van der Waals surface area contributed by atoms with Crippen molar-refractivity contribution >= 4 is 21.8 Å². The van der Waals surface area contributed by atoms with Crippen molar-refractivity contribution in [2.24, 2.45) is 0 Å². The molecule has 0 unspecified atom stereocenters. The minimum absolute atomic E-state index is 0.0325. The van der Waals surface area contributed by atoms with Gasteiger partial charge in [0.1, 0.15) is 11.5 Å². The Morgan fingerprint density at radius 2 is 1.59 bits per heavy atom. The zero-order valence-electron chi connectivity index (χ0n) is 19.4. The number of rotatable bonds is 10. The smallest absolute Gasteiger partial charge is 0.224 e. The molecule has 0 saturated carbocycles. The molecule has 0 aromatic heterocycles. The van der Waals surface area contributed by atoms with Crippen LogP contribution in [0, 0.1) is 0 Å². The van der Waals surface area contributed by atoms with Gasteiger partial charge in [-0.15, -0.1) is 0 Å². The van der Waals surface area contributed by atoms with Crippen LogP contribution in [0.5, 0.6) is 11.5 Å². The fourth-order valence-corrected chi connectivity index (χ4v) is 4.04. The van der Waals surface area contributed by atoms with Crippen LogP contribution in [0.3, 0.4) is 0 Å². The highest BCUT2D eigenvalue weighted by molar-refractivity contribution is 9.10. The molecule has 3 aromatic rings. The number of halogens is 1. The Kier molecular flexibility index (Phi) is 8.72. The third kappa shape index (κ3) is 8.17. The summed E-state index contributed by atoms with van der Waals surface area (Å²) >= 11 is 3.41. The third-order valence-electron chi connectivity index (χ3n) is 5.49. The summed E-state index contributed by atoms with van der Waals surface area (Å²) in [4.78, 5) is 12.4. The standard InChI is InChI=1S/C27H31BrN2O4/c1-27(2,30-17-25(33)21-12-23(31)14-24(32)13-21)15-20-5-3-4-19(10-20)11-26(34)29-16-18-6-8-22(28)9-7-18/h3-10,12-14,25,30-33H,11,15-17H2,1-2H3,(H,29,34)/t25-/m0/s1. The van der Waals surface area contributed by atoms with Gasteiger partial charge in [0, 0.05) is 29.2 Å². The van der Waals surface area contributed by atoms with Crippen molar-refractivity contribution in [3.63, 3.8) is 0 Å². The Labute approximate surface area is 208 Å². The molecule has 0 aliphatic rings. The molecule has 1 amide bonds. The van der Waals surface area contributed by atoms with Crippen LogP contribution >= 0.6 is 15.9 Å². The SMILES string of the molecule is CC(C)(Cc1cccc(CC(=O)NCc2ccc(Br)cc2)c1)NC[C@H](O)c1cc(O)cc(O)c1. The summed E-state index contributed by atoms with van der Waals surface area (Å²) < 4.78 is 1.00. The summed E-state index contributed by atoms with van der Waals surface area (Å²) in [6.45, 7) is 4.82. The van der Waals surface area contributed by atoms with Gasteiger partial charge in [-0.25, -0.2) is 0 Å². The highest BCUT2D eigenvalue weighted by Gasteiger charge is 2.20.